The predicted molar refractivity (Wildman–Crippen MR) is 128 cm³/mol. The number of hydrogen-bond acceptors (Lipinski definition) is 2. The van der Waals surface area contributed by atoms with Crippen LogP contribution in [-0.4, -0.2) is 10.3 Å². The summed E-state index contributed by atoms with van der Waals surface area (Å²) >= 11 is 5.22. The molecular formula is C24H40BrNS. The van der Waals surface area contributed by atoms with Crippen LogP contribution in [0.3, 0.4) is 0 Å². The zero-order valence-electron chi connectivity index (χ0n) is 17.6. The van der Waals surface area contributed by atoms with Gasteiger partial charge >= 0.3 is 0 Å². The molecule has 0 fully saturated rings. The Labute approximate surface area is 180 Å². The molecule has 0 saturated heterocycles. The number of thiazole rings is 1. The number of fused-ring (bicyclic) bond motifs is 1. The van der Waals surface area contributed by atoms with Crippen molar-refractivity contribution in [3.8, 4) is 0 Å². The first kappa shape index (κ1) is 24.6. The fourth-order valence-electron chi connectivity index (χ4n) is 3.28. The molecule has 0 atom stereocenters. The van der Waals surface area contributed by atoms with Crippen LogP contribution in [-0.2, 0) is 0 Å². The average molecular weight is 455 g/mol. The molecule has 0 N–H and O–H groups in total. The standard InChI is InChI=1S/C16H33Br.C8H7NS/c1-2-3-4-5-6-7-8-9-10-11-12-13-14-15-16-17;1-6-9-7-4-2-3-5-8(7)10-6/h2-16H2,1H3;2-5H,1H3. The topological polar surface area (TPSA) is 12.9 Å². The number of unbranched alkanes of at least 4 members (excludes halogenated alkanes) is 13. The predicted octanol–water partition coefficient (Wildman–Crippen LogP) is 9.47. The third kappa shape index (κ3) is 13.4. The zero-order chi connectivity index (χ0) is 19.6. The van der Waals surface area contributed by atoms with E-state index in [0.717, 1.165) is 10.5 Å². The van der Waals surface area contributed by atoms with Crippen molar-refractivity contribution in [3.63, 3.8) is 0 Å². The molecule has 154 valence electrons. The van der Waals surface area contributed by atoms with Gasteiger partial charge in [-0.25, -0.2) is 4.98 Å². The van der Waals surface area contributed by atoms with Crippen molar-refractivity contribution >= 4 is 37.5 Å². The number of alkyl halides is 1. The minimum absolute atomic E-state index is 1.12. The quantitative estimate of drug-likeness (QED) is 0.205. The van der Waals surface area contributed by atoms with Gasteiger partial charge in [-0.1, -0.05) is 118 Å². The minimum Gasteiger partial charge on any atom is -0.242 e. The molecule has 27 heavy (non-hydrogen) atoms. The van der Waals surface area contributed by atoms with E-state index in [4.69, 9.17) is 0 Å². The molecule has 0 aliphatic rings. The van der Waals surface area contributed by atoms with Crippen molar-refractivity contribution in [2.24, 2.45) is 0 Å². The fraction of sp³-hybridized carbons (Fsp3) is 0.708. The van der Waals surface area contributed by atoms with Gasteiger partial charge in [0, 0.05) is 5.33 Å². The van der Waals surface area contributed by atoms with Crippen LogP contribution in [0.15, 0.2) is 24.3 Å². The molecule has 2 aromatic rings. The van der Waals surface area contributed by atoms with Crippen LogP contribution >= 0.6 is 27.3 Å². The third-order valence-corrected chi connectivity index (χ3v) is 6.40. The molecule has 2 rings (SSSR count). The smallest absolute Gasteiger partial charge is 0.0907 e. The van der Waals surface area contributed by atoms with Crippen molar-refractivity contribution < 1.29 is 0 Å². The lowest BCUT2D eigenvalue weighted by Gasteiger charge is -2.02. The molecule has 0 aliphatic carbocycles. The Morgan fingerprint density at radius 3 is 1.70 bits per heavy atom. The Hall–Kier alpha value is -0.410. The summed E-state index contributed by atoms with van der Waals surface area (Å²) in [5.74, 6) is 0. The minimum atomic E-state index is 1.12. The molecule has 0 spiro atoms. The highest BCUT2D eigenvalue weighted by molar-refractivity contribution is 9.09. The summed E-state index contributed by atoms with van der Waals surface area (Å²) in [4.78, 5) is 4.33. The van der Waals surface area contributed by atoms with Crippen molar-refractivity contribution in [2.45, 2.75) is 104 Å². The second-order valence-electron chi connectivity index (χ2n) is 7.49. The maximum Gasteiger partial charge on any atom is 0.0907 e. The van der Waals surface area contributed by atoms with Crippen LogP contribution in [0.2, 0.25) is 0 Å². The van der Waals surface area contributed by atoms with E-state index in [1.54, 1.807) is 11.3 Å². The summed E-state index contributed by atoms with van der Waals surface area (Å²) in [6.07, 6.45) is 20.3. The van der Waals surface area contributed by atoms with Gasteiger partial charge in [0.1, 0.15) is 0 Å². The monoisotopic (exact) mass is 453 g/mol. The van der Waals surface area contributed by atoms with Crippen molar-refractivity contribution in [1.29, 1.82) is 0 Å². The second-order valence-corrected chi connectivity index (χ2v) is 9.51. The Morgan fingerprint density at radius 1 is 0.741 bits per heavy atom. The summed E-state index contributed by atoms with van der Waals surface area (Å²) < 4.78 is 1.28. The number of rotatable bonds is 14. The van der Waals surface area contributed by atoms with Crippen LogP contribution in [0.25, 0.3) is 10.2 Å². The third-order valence-electron chi connectivity index (χ3n) is 4.89. The maximum atomic E-state index is 4.33. The second kappa shape index (κ2) is 17.7. The molecule has 0 amide bonds. The van der Waals surface area contributed by atoms with Gasteiger partial charge in [0.25, 0.3) is 0 Å². The van der Waals surface area contributed by atoms with E-state index in [0.29, 0.717) is 0 Å². The number of benzene rings is 1. The molecular weight excluding hydrogens is 414 g/mol. The molecule has 0 aliphatic heterocycles. The van der Waals surface area contributed by atoms with Gasteiger partial charge in [-0.05, 0) is 25.5 Å². The molecule has 1 aromatic heterocycles. The lowest BCUT2D eigenvalue weighted by atomic mass is 10.0. The zero-order valence-corrected chi connectivity index (χ0v) is 20.1. The molecule has 3 heteroatoms. The van der Waals surface area contributed by atoms with E-state index in [9.17, 15) is 0 Å². The van der Waals surface area contributed by atoms with E-state index >= 15 is 0 Å². The van der Waals surface area contributed by atoms with Crippen LogP contribution in [0.1, 0.15) is 102 Å². The number of hydrogen-bond donors (Lipinski definition) is 0. The number of aryl methyl sites for hydroxylation is 1. The number of para-hydroxylation sites is 1. The highest BCUT2D eigenvalue weighted by Crippen LogP contribution is 2.20. The summed E-state index contributed by atoms with van der Waals surface area (Å²) in [5, 5.41) is 2.33. The van der Waals surface area contributed by atoms with Gasteiger partial charge in [0.2, 0.25) is 0 Å². The number of nitrogens with zero attached hydrogens (tertiary/aromatic N) is 1. The first-order chi connectivity index (χ1) is 13.3. The Kier molecular flexibility index (Phi) is 16.1. The largest absolute Gasteiger partial charge is 0.242 e. The van der Waals surface area contributed by atoms with E-state index in [1.807, 2.05) is 25.1 Å². The van der Waals surface area contributed by atoms with Crippen molar-refractivity contribution in [3.05, 3.63) is 29.3 Å². The average Bonchev–Trinajstić information content (AvgIpc) is 3.06. The Morgan fingerprint density at radius 2 is 1.22 bits per heavy atom. The highest BCUT2D eigenvalue weighted by atomic mass is 79.9. The summed E-state index contributed by atoms with van der Waals surface area (Å²) in [6.45, 7) is 4.32. The lowest BCUT2D eigenvalue weighted by molar-refractivity contribution is 0.538. The Bertz CT molecular complexity index is 519. The van der Waals surface area contributed by atoms with Crippen LogP contribution in [0, 0.1) is 6.92 Å². The number of halogens is 1. The van der Waals surface area contributed by atoms with E-state index in [2.05, 4.69) is 33.9 Å². The highest BCUT2D eigenvalue weighted by Gasteiger charge is 1.95. The molecule has 1 heterocycles. The Balaban J connectivity index is 0.000000303. The molecule has 1 aromatic carbocycles. The molecule has 0 saturated carbocycles. The van der Waals surface area contributed by atoms with E-state index < -0.39 is 0 Å². The van der Waals surface area contributed by atoms with Gasteiger partial charge < -0.3 is 0 Å². The van der Waals surface area contributed by atoms with Crippen LogP contribution in [0.4, 0.5) is 0 Å². The van der Waals surface area contributed by atoms with Gasteiger partial charge in [-0.2, -0.15) is 0 Å². The summed E-state index contributed by atoms with van der Waals surface area (Å²) in [7, 11) is 0. The summed E-state index contributed by atoms with van der Waals surface area (Å²) in [5.41, 5.74) is 1.12. The SMILES string of the molecule is CCCCCCCCCCCCCCCCBr.Cc1nc2ccccc2s1. The normalized spacial score (nSPS) is 10.8. The van der Waals surface area contributed by atoms with Crippen LogP contribution in [0.5, 0.6) is 0 Å². The summed E-state index contributed by atoms with van der Waals surface area (Å²) in [6, 6.07) is 8.19. The maximum absolute atomic E-state index is 4.33. The molecule has 0 unspecified atom stereocenters. The molecule has 0 bridgehead atoms. The lowest BCUT2D eigenvalue weighted by Crippen LogP contribution is -1.83. The fourth-order valence-corrected chi connectivity index (χ4v) is 4.50. The van der Waals surface area contributed by atoms with Gasteiger partial charge in [0.15, 0.2) is 0 Å². The molecule has 0 radical (unpaired) electrons. The van der Waals surface area contributed by atoms with E-state index in [1.165, 1.54) is 99.9 Å². The van der Waals surface area contributed by atoms with Gasteiger partial charge in [-0.15, -0.1) is 11.3 Å². The number of aromatic nitrogens is 1. The van der Waals surface area contributed by atoms with Crippen molar-refractivity contribution in [1.82, 2.24) is 4.98 Å². The molecule has 1 nitrogen and oxygen atoms in total. The van der Waals surface area contributed by atoms with Crippen molar-refractivity contribution in [2.75, 3.05) is 5.33 Å². The van der Waals surface area contributed by atoms with E-state index in [-0.39, 0.29) is 0 Å². The first-order valence-corrected chi connectivity index (χ1v) is 13.1. The van der Waals surface area contributed by atoms with Crippen LogP contribution < -0.4 is 0 Å². The van der Waals surface area contributed by atoms with Gasteiger partial charge in [-0.3, -0.25) is 0 Å². The van der Waals surface area contributed by atoms with Gasteiger partial charge in [0.05, 0.1) is 15.2 Å². The first-order valence-electron chi connectivity index (χ1n) is 11.2.